The van der Waals surface area contributed by atoms with Gasteiger partial charge in [-0.05, 0) is 35.9 Å². The maximum Gasteiger partial charge on any atom is 0.241 e. The summed E-state index contributed by atoms with van der Waals surface area (Å²) in [6, 6.07) is 19.3. The number of hydrogen-bond donors (Lipinski definition) is 1. The van der Waals surface area contributed by atoms with Crippen LogP contribution in [-0.4, -0.2) is 32.1 Å². The number of amides is 1. The molecular weight excluding hydrogens is 390 g/mol. The number of benzene rings is 2. The first-order chi connectivity index (χ1) is 13.9. The fourth-order valence-corrected chi connectivity index (χ4v) is 3.50. The van der Waals surface area contributed by atoms with Crippen LogP contribution in [0, 0.1) is 0 Å². The maximum absolute atomic E-state index is 12.4. The third kappa shape index (κ3) is 5.79. The summed E-state index contributed by atoms with van der Waals surface area (Å²) in [5.41, 5.74) is 1.11. The molecular formula is C21H21N3O4S. The highest BCUT2D eigenvalue weighted by molar-refractivity contribution is 7.92. The van der Waals surface area contributed by atoms with Gasteiger partial charge in [-0.1, -0.05) is 36.4 Å². The van der Waals surface area contributed by atoms with Gasteiger partial charge in [0.1, 0.15) is 12.3 Å². The number of hydrogen-bond acceptors (Lipinski definition) is 5. The number of carbonyl (C=O) groups excluding carboxylic acids is 1. The number of anilines is 1. The maximum atomic E-state index is 12.4. The third-order valence-electron chi connectivity index (χ3n) is 4.00. The molecule has 3 aromatic rings. The van der Waals surface area contributed by atoms with Crippen molar-refractivity contribution < 1.29 is 17.9 Å². The number of aromatic nitrogens is 1. The molecule has 1 N–H and O–H groups in total. The van der Waals surface area contributed by atoms with Crippen molar-refractivity contribution in [3.05, 3.63) is 84.7 Å². The minimum Gasteiger partial charge on any atom is -0.455 e. The van der Waals surface area contributed by atoms with Crippen LogP contribution in [0.4, 0.5) is 5.69 Å². The van der Waals surface area contributed by atoms with E-state index in [-0.39, 0.29) is 18.8 Å². The molecule has 0 aliphatic carbocycles. The normalized spacial score (nSPS) is 10.9. The first-order valence-electron chi connectivity index (χ1n) is 8.89. The summed E-state index contributed by atoms with van der Waals surface area (Å²) in [6.45, 7) is -0.110. The predicted octanol–water partition coefficient (Wildman–Crippen LogP) is 2.96. The number of rotatable bonds is 8. The van der Waals surface area contributed by atoms with Crippen LogP contribution in [0.2, 0.25) is 0 Å². The number of para-hydroxylation sites is 3. The highest BCUT2D eigenvalue weighted by Gasteiger charge is 2.24. The van der Waals surface area contributed by atoms with Crippen molar-refractivity contribution >= 4 is 21.6 Å². The van der Waals surface area contributed by atoms with Gasteiger partial charge in [-0.15, -0.1) is 0 Å². The molecule has 0 saturated heterocycles. The zero-order chi connectivity index (χ0) is 20.7. The Balaban J connectivity index is 1.80. The molecule has 1 heterocycles. The van der Waals surface area contributed by atoms with Crippen LogP contribution in [0.1, 0.15) is 5.56 Å². The molecule has 0 saturated carbocycles. The highest BCUT2D eigenvalue weighted by atomic mass is 32.2. The van der Waals surface area contributed by atoms with E-state index >= 15 is 0 Å². The van der Waals surface area contributed by atoms with Gasteiger partial charge in [-0.25, -0.2) is 8.42 Å². The molecule has 3 rings (SSSR count). The number of pyridine rings is 1. The molecule has 1 amide bonds. The SMILES string of the molecule is CS(=O)(=O)N(CC(=O)NCc1cccnc1)c1ccccc1Oc1ccccc1. The Morgan fingerprint density at radius 1 is 1.03 bits per heavy atom. The lowest BCUT2D eigenvalue weighted by atomic mass is 10.2. The highest BCUT2D eigenvalue weighted by Crippen LogP contribution is 2.33. The van der Waals surface area contributed by atoms with Gasteiger partial charge in [-0.2, -0.15) is 0 Å². The Bertz CT molecular complexity index is 1060. The average Bonchev–Trinajstić information content (AvgIpc) is 2.72. The topological polar surface area (TPSA) is 88.6 Å². The van der Waals surface area contributed by atoms with Crippen LogP contribution in [0.3, 0.4) is 0 Å². The number of nitrogens with one attached hydrogen (secondary N) is 1. The first kappa shape index (κ1) is 20.3. The molecule has 0 aliphatic heterocycles. The molecule has 0 radical (unpaired) electrons. The van der Waals surface area contributed by atoms with Crippen LogP contribution in [0.25, 0.3) is 0 Å². The fourth-order valence-electron chi connectivity index (χ4n) is 2.64. The summed E-state index contributed by atoms with van der Waals surface area (Å²) < 4.78 is 31.7. The van der Waals surface area contributed by atoms with Crippen molar-refractivity contribution in [2.45, 2.75) is 6.54 Å². The Morgan fingerprint density at radius 3 is 2.45 bits per heavy atom. The van der Waals surface area contributed by atoms with Crippen molar-refractivity contribution in [1.29, 1.82) is 0 Å². The Morgan fingerprint density at radius 2 is 1.76 bits per heavy atom. The van der Waals surface area contributed by atoms with E-state index in [0.29, 0.717) is 11.5 Å². The second kappa shape index (κ2) is 9.20. The van der Waals surface area contributed by atoms with Gasteiger partial charge in [-0.3, -0.25) is 14.1 Å². The van der Waals surface area contributed by atoms with E-state index in [1.54, 1.807) is 54.9 Å². The molecule has 0 bridgehead atoms. The molecule has 150 valence electrons. The molecule has 0 fully saturated rings. The number of carbonyl (C=O) groups is 1. The quantitative estimate of drug-likeness (QED) is 0.616. The van der Waals surface area contributed by atoms with Gasteiger partial charge in [0.05, 0.1) is 11.9 Å². The number of nitrogens with zero attached hydrogens (tertiary/aromatic N) is 2. The molecule has 0 spiro atoms. The minimum absolute atomic E-state index is 0.256. The van der Waals surface area contributed by atoms with Crippen molar-refractivity contribution in [3.63, 3.8) is 0 Å². The summed E-state index contributed by atoms with van der Waals surface area (Å²) in [5.74, 6) is 0.465. The van der Waals surface area contributed by atoms with Crippen molar-refractivity contribution in [2.75, 3.05) is 17.1 Å². The van der Waals surface area contributed by atoms with E-state index in [1.165, 1.54) is 0 Å². The standard InChI is InChI=1S/C21H21N3O4S/c1-29(26,27)24(16-21(25)23-15-17-8-7-13-22-14-17)19-11-5-6-12-20(19)28-18-9-3-2-4-10-18/h2-14H,15-16H2,1H3,(H,23,25). The largest absolute Gasteiger partial charge is 0.455 e. The van der Waals surface area contributed by atoms with Crippen LogP contribution in [0.5, 0.6) is 11.5 Å². The molecule has 0 atom stereocenters. The second-order valence-corrected chi connectivity index (χ2v) is 8.20. The fraction of sp³-hybridized carbons (Fsp3) is 0.143. The monoisotopic (exact) mass is 411 g/mol. The summed E-state index contributed by atoms with van der Waals surface area (Å²) in [6.07, 6.45) is 4.33. The van der Waals surface area contributed by atoms with Crippen molar-refractivity contribution in [2.24, 2.45) is 0 Å². The summed E-state index contributed by atoms with van der Waals surface area (Å²) >= 11 is 0. The van der Waals surface area contributed by atoms with E-state index in [1.807, 2.05) is 24.3 Å². The Kier molecular flexibility index (Phi) is 6.46. The van der Waals surface area contributed by atoms with Gasteiger partial charge in [0, 0.05) is 18.9 Å². The zero-order valence-electron chi connectivity index (χ0n) is 15.9. The van der Waals surface area contributed by atoms with Crippen LogP contribution < -0.4 is 14.4 Å². The van der Waals surface area contributed by atoms with E-state index < -0.39 is 15.9 Å². The predicted molar refractivity (Wildman–Crippen MR) is 111 cm³/mol. The van der Waals surface area contributed by atoms with E-state index in [2.05, 4.69) is 10.3 Å². The molecule has 29 heavy (non-hydrogen) atoms. The summed E-state index contributed by atoms with van der Waals surface area (Å²) in [5, 5.41) is 2.71. The Hall–Kier alpha value is -3.39. The lowest BCUT2D eigenvalue weighted by Gasteiger charge is -2.24. The van der Waals surface area contributed by atoms with Gasteiger partial charge < -0.3 is 10.1 Å². The van der Waals surface area contributed by atoms with Gasteiger partial charge in [0.25, 0.3) is 0 Å². The summed E-state index contributed by atoms with van der Waals surface area (Å²) in [4.78, 5) is 16.4. The van der Waals surface area contributed by atoms with Crippen LogP contribution >= 0.6 is 0 Å². The Labute approximate surface area is 170 Å². The van der Waals surface area contributed by atoms with Crippen LogP contribution in [-0.2, 0) is 21.4 Å². The summed E-state index contributed by atoms with van der Waals surface area (Å²) in [7, 11) is -3.73. The smallest absolute Gasteiger partial charge is 0.241 e. The molecule has 0 unspecified atom stereocenters. The molecule has 7 nitrogen and oxygen atoms in total. The minimum atomic E-state index is -3.73. The van der Waals surface area contributed by atoms with E-state index in [0.717, 1.165) is 16.1 Å². The number of ether oxygens (including phenoxy) is 1. The number of sulfonamides is 1. The van der Waals surface area contributed by atoms with Gasteiger partial charge in [0.15, 0.2) is 5.75 Å². The van der Waals surface area contributed by atoms with Crippen LogP contribution in [0.15, 0.2) is 79.1 Å². The molecule has 8 heteroatoms. The third-order valence-corrected chi connectivity index (χ3v) is 5.13. The zero-order valence-corrected chi connectivity index (χ0v) is 16.7. The average molecular weight is 411 g/mol. The van der Waals surface area contributed by atoms with E-state index in [4.69, 9.17) is 4.74 Å². The lowest BCUT2D eigenvalue weighted by Crippen LogP contribution is -2.40. The van der Waals surface area contributed by atoms with Gasteiger partial charge >= 0.3 is 0 Å². The van der Waals surface area contributed by atoms with Crippen molar-refractivity contribution in [3.8, 4) is 11.5 Å². The second-order valence-electron chi connectivity index (χ2n) is 6.29. The molecule has 2 aromatic carbocycles. The first-order valence-corrected chi connectivity index (χ1v) is 10.7. The molecule has 0 aliphatic rings. The van der Waals surface area contributed by atoms with Gasteiger partial charge in [0.2, 0.25) is 15.9 Å². The molecule has 1 aromatic heterocycles. The van der Waals surface area contributed by atoms with Crippen molar-refractivity contribution in [1.82, 2.24) is 10.3 Å². The lowest BCUT2D eigenvalue weighted by molar-refractivity contribution is -0.119. The van der Waals surface area contributed by atoms with E-state index in [9.17, 15) is 13.2 Å².